The zero-order valence-electron chi connectivity index (χ0n) is 8.52. The summed E-state index contributed by atoms with van der Waals surface area (Å²) in [6.07, 6.45) is 1.50. The Balaban J connectivity index is 2.94. The lowest BCUT2D eigenvalue weighted by Crippen LogP contribution is -2.26. The summed E-state index contributed by atoms with van der Waals surface area (Å²) in [5.41, 5.74) is 0.394. The van der Waals surface area contributed by atoms with Gasteiger partial charge in [0, 0.05) is 6.20 Å². The first-order valence-corrected chi connectivity index (χ1v) is 4.47. The standard InChI is InChI=1S/C10H12N2O3/c1-6(10(14)15)12-9-8(7(2)13)4-3-5-11-9/h3-6H,1-2H3,(H,11,12)(H,14,15). The van der Waals surface area contributed by atoms with Gasteiger partial charge in [-0.25, -0.2) is 4.98 Å². The molecule has 0 fully saturated rings. The van der Waals surface area contributed by atoms with E-state index < -0.39 is 12.0 Å². The van der Waals surface area contributed by atoms with Gasteiger partial charge >= 0.3 is 5.97 Å². The van der Waals surface area contributed by atoms with Gasteiger partial charge in [0.2, 0.25) is 0 Å². The summed E-state index contributed by atoms with van der Waals surface area (Å²) in [6, 6.07) is 2.46. The van der Waals surface area contributed by atoms with Crippen molar-refractivity contribution in [1.82, 2.24) is 4.98 Å². The van der Waals surface area contributed by atoms with Crippen molar-refractivity contribution in [3.05, 3.63) is 23.9 Å². The molecule has 0 bridgehead atoms. The predicted octanol–water partition coefficient (Wildman–Crippen LogP) is 1.17. The molecule has 15 heavy (non-hydrogen) atoms. The van der Waals surface area contributed by atoms with Crippen molar-refractivity contribution in [1.29, 1.82) is 0 Å². The lowest BCUT2D eigenvalue weighted by atomic mass is 10.2. The Kier molecular flexibility index (Phi) is 3.38. The molecule has 5 nitrogen and oxygen atoms in total. The van der Waals surface area contributed by atoms with E-state index >= 15 is 0 Å². The number of carboxylic acids is 1. The number of hydrogen-bond donors (Lipinski definition) is 2. The van der Waals surface area contributed by atoms with Gasteiger partial charge < -0.3 is 10.4 Å². The van der Waals surface area contributed by atoms with Crippen LogP contribution >= 0.6 is 0 Å². The summed E-state index contributed by atoms with van der Waals surface area (Å²) < 4.78 is 0. The van der Waals surface area contributed by atoms with Crippen LogP contribution in [0.3, 0.4) is 0 Å². The Morgan fingerprint density at radius 3 is 2.73 bits per heavy atom. The van der Waals surface area contributed by atoms with Crippen LogP contribution in [0.1, 0.15) is 24.2 Å². The van der Waals surface area contributed by atoms with Crippen LogP contribution in [-0.4, -0.2) is 27.9 Å². The van der Waals surface area contributed by atoms with Crippen LogP contribution in [0, 0.1) is 0 Å². The number of carboxylic acid groups (broad SMARTS) is 1. The molecular weight excluding hydrogens is 196 g/mol. The van der Waals surface area contributed by atoms with Crippen LogP contribution in [0.4, 0.5) is 5.82 Å². The van der Waals surface area contributed by atoms with Crippen LogP contribution in [0.2, 0.25) is 0 Å². The van der Waals surface area contributed by atoms with Gasteiger partial charge in [-0.2, -0.15) is 0 Å². The van der Waals surface area contributed by atoms with Crippen molar-refractivity contribution in [2.45, 2.75) is 19.9 Å². The molecule has 1 aromatic rings. The Morgan fingerprint density at radius 1 is 1.53 bits per heavy atom. The summed E-state index contributed by atoms with van der Waals surface area (Å²) in [4.78, 5) is 25.7. The van der Waals surface area contributed by atoms with Crippen molar-refractivity contribution >= 4 is 17.6 Å². The number of rotatable bonds is 4. The van der Waals surface area contributed by atoms with E-state index in [1.54, 1.807) is 12.1 Å². The number of carbonyl (C=O) groups is 2. The summed E-state index contributed by atoms with van der Waals surface area (Å²) in [6.45, 7) is 2.90. The average molecular weight is 208 g/mol. The first kappa shape index (κ1) is 11.2. The van der Waals surface area contributed by atoms with Crippen molar-refractivity contribution in [3.63, 3.8) is 0 Å². The maximum absolute atomic E-state index is 11.2. The molecule has 80 valence electrons. The SMILES string of the molecule is CC(=O)c1cccnc1NC(C)C(=O)O. The maximum Gasteiger partial charge on any atom is 0.325 e. The molecule has 0 radical (unpaired) electrons. The van der Waals surface area contributed by atoms with Gasteiger partial charge in [-0.3, -0.25) is 9.59 Å². The van der Waals surface area contributed by atoms with Crippen molar-refractivity contribution < 1.29 is 14.7 Å². The number of nitrogens with one attached hydrogen (secondary N) is 1. The molecule has 0 saturated carbocycles. The van der Waals surface area contributed by atoms with Crippen LogP contribution in [0.5, 0.6) is 0 Å². The average Bonchev–Trinajstić information content (AvgIpc) is 2.18. The number of hydrogen-bond acceptors (Lipinski definition) is 4. The summed E-state index contributed by atoms with van der Waals surface area (Å²) in [5.74, 6) is -0.835. The molecule has 2 N–H and O–H groups in total. The predicted molar refractivity (Wildman–Crippen MR) is 55.0 cm³/mol. The van der Waals surface area contributed by atoms with Gasteiger partial charge in [0.25, 0.3) is 0 Å². The fourth-order valence-electron chi connectivity index (χ4n) is 1.07. The number of anilines is 1. The molecule has 0 spiro atoms. The molecule has 0 amide bonds. The third-order valence-corrected chi connectivity index (χ3v) is 1.91. The Morgan fingerprint density at radius 2 is 2.20 bits per heavy atom. The van der Waals surface area contributed by atoms with Gasteiger partial charge in [-0.05, 0) is 26.0 Å². The lowest BCUT2D eigenvalue weighted by Gasteiger charge is -2.11. The highest BCUT2D eigenvalue weighted by molar-refractivity contribution is 5.99. The highest BCUT2D eigenvalue weighted by Gasteiger charge is 2.14. The van der Waals surface area contributed by atoms with Crippen molar-refractivity contribution in [2.24, 2.45) is 0 Å². The topological polar surface area (TPSA) is 79.3 Å². The Hall–Kier alpha value is -1.91. The smallest absolute Gasteiger partial charge is 0.325 e. The molecule has 0 aliphatic rings. The van der Waals surface area contributed by atoms with Gasteiger partial charge in [-0.15, -0.1) is 0 Å². The van der Waals surface area contributed by atoms with Crippen LogP contribution in [-0.2, 0) is 4.79 Å². The summed E-state index contributed by atoms with van der Waals surface area (Å²) in [7, 11) is 0. The fraction of sp³-hybridized carbons (Fsp3) is 0.300. The zero-order valence-corrected chi connectivity index (χ0v) is 8.52. The minimum absolute atomic E-state index is 0.150. The van der Waals surface area contributed by atoms with Crippen LogP contribution < -0.4 is 5.32 Å². The van der Waals surface area contributed by atoms with E-state index in [-0.39, 0.29) is 5.78 Å². The number of ketones is 1. The molecule has 1 rings (SSSR count). The third kappa shape index (κ3) is 2.77. The molecule has 1 unspecified atom stereocenters. The minimum Gasteiger partial charge on any atom is -0.480 e. The number of Topliss-reactive ketones (excluding diaryl/α,β-unsaturated/α-hetero) is 1. The highest BCUT2D eigenvalue weighted by atomic mass is 16.4. The molecule has 0 aliphatic carbocycles. The largest absolute Gasteiger partial charge is 0.480 e. The lowest BCUT2D eigenvalue weighted by molar-refractivity contribution is -0.137. The third-order valence-electron chi connectivity index (χ3n) is 1.91. The van der Waals surface area contributed by atoms with Gasteiger partial charge in [0.05, 0.1) is 5.56 Å². The van der Waals surface area contributed by atoms with E-state index in [0.29, 0.717) is 11.4 Å². The quantitative estimate of drug-likeness (QED) is 0.726. The minimum atomic E-state index is -0.991. The number of carbonyl (C=O) groups excluding carboxylic acids is 1. The molecule has 1 aromatic heterocycles. The second-order valence-corrected chi connectivity index (χ2v) is 3.16. The van der Waals surface area contributed by atoms with E-state index in [9.17, 15) is 9.59 Å². The fourth-order valence-corrected chi connectivity index (χ4v) is 1.07. The van der Waals surface area contributed by atoms with Crippen LogP contribution in [0.15, 0.2) is 18.3 Å². The second-order valence-electron chi connectivity index (χ2n) is 3.16. The molecule has 0 aliphatic heterocycles. The van der Waals surface area contributed by atoms with E-state index in [1.165, 1.54) is 20.0 Å². The number of aliphatic carboxylic acids is 1. The first-order chi connectivity index (χ1) is 7.02. The molecule has 5 heteroatoms. The first-order valence-electron chi connectivity index (χ1n) is 4.47. The van der Waals surface area contributed by atoms with E-state index in [1.807, 2.05) is 0 Å². The Labute approximate surface area is 87.1 Å². The molecule has 0 saturated heterocycles. The number of nitrogens with zero attached hydrogens (tertiary/aromatic N) is 1. The molecule has 0 aromatic carbocycles. The normalized spacial score (nSPS) is 11.9. The van der Waals surface area contributed by atoms with E-state index in [4.69, 9.17) is 5.11 Å². The van der Waals surface area contributed by atoms with E-state index in [0.717, 1.165) is 0 Å². The second kappa shape index (κ2) is 4.54. The van der Waals surface area contributed by atoms with Gasteiger partial charge in [0.1, 0.15) is 11.9 Å². The summed E-state index contributed by atoms with van der Waals surface area (Å²) in [5, 5.41) is 11.4. The monoisotopic (exact) mass is 208 g/mol. The number of pyridine rings is 1. The molecule has 1 heterocycles. The van der Waals surface area contributed by atoms with Crippen molar-refractivity contribution in [2.75, 3.05) is 5.32 Å². The summed E-state index contributed by atoms with van der Waals surface area (Å²) >= 11 is 0. The van der Waals surface area contributed by atoms with Gasteiger partial charge in [-0.1, -0.05) is 0 Å². The number of aromatic nitrogens is 1. The molecular formula is C10H12N2O3. The van der Waals surface area contributed by atoms with Crippen LogP contribution in [0.25, 0.3) is 0 Å². The molecule has 1 atom stereocenters. The zero-order chi connectivity index (χ0) is 11.4. The Bertz CT molecular complexity index is 390. The van der Waals surface area contributed by atoms with E-state index in [2.05, 4.69) is 10.3 Å². The van der Waals surface area contributed by atoms with Gasteiger partial charge in [0.15, 0.2) is 5.78 Å². The highest BCUT2D eigenvalue weighted by Crippen LogP contribution is 2.12. The van der Waals surface area contributed by atoms with Crippen molar-refractivity contribution in [3.8, 4) is 0 Å². The maximum atomic E-state index is 11.2.